The van der Waals surface area contributed by atoms with Crippen LogP contribution in [0.15, 0.2) is 108 Å². The van der Waals surface area contributed by atoms with E-state index in [-0.39, 0.29) is 6.79 Å². The Balaban J connectivity index is 1.64. The molecule has 0 atom stereocenters. The lowest BCUT2D eigenvalue weighted by atomic mass is 9.93. The van der Waals surface area contributed by atoms with Crippen molar-refractivity contribution in [2.45, 2.75) is 13.8 Å². The van der Waals surface area contributed by atoms with Gasteiger partial charge in [-0.05, 0) is 79.1 Å². The number of ether oxygens (including phenoxy) is 4. The molecule has 1 heterocycles. The highest BCUT2D eigenvalue weighted by molar-refractivity contribution is 5.94. The van der Waals surface area contributed by atoms with Crippen LogP contribution in [0.3, 0.4) is 0 Å². The molecule has 0 unspecified atom stereocenters. The molecule has 0 radical (unpaired) electrons. The molecule has 0 aliphatic heterocycles. The van der Waals surface area contributed by atoms with E-state index in [4.69, 9.17) is 23.4 Å². The molecule has 4 aromatic carbocycles. The fourth-order valence-corrected chi connectivity index (χ4v) is 4.94. The molecule has 6 heteroatoms. The summed E-state index contributed by atoms with van der Waals surface area (Å²) in [6.45, 7) is 8.39. The van der Waals surface area contributed by atoms with Crippen LogP contribution in [0.2, 0.25) is 0 Å². The molecular weight excluding hydrogens is 552 g/mol. The fraction of sp³-hybridized carbons (Fsp3) is 0.132. The van der Waals surface area contributed by atoms with Crippen LogP contribution >= 0.6 is 0 Å². The zero-order valence-electron chi connectivity index (χ0n) is 25.3. The third-order valence-corrected chi connectivity index (χ3v) is 7.02. The summed E-state index contributed by atoms with van der Waals surface area (Å²) < 4.78 is 29.2. The minimum atomic E-state index is -0.468. The number of methoxy groups -OCH3 is 2. The first-order chi connectivity index (χ1) is 21.4. The Morgan fingerprint density at radius 1 is 0.795 bits per heavy atom. The first-order valence-corrected chi connectivity index (χ1v) is 14.2. The molecule has 6 nitrogen and oxygen atoms in total. The van der Waals surface area contributed by atoms with Crippen LogP contribution < -0.4 is 14.2 Å². The predicted molar refractivity (Wildman–Crippen MR) is 176 cm³/mol. The molecule has 0 N–H and O–H groups in total. The summed E-state index contributed by atoms with van der Waals surface area (Å²) in [5, 5.41) is 0.965. The quantitative estimate of drug-likeness (QED) is 0.0873. The molecule has 5 aromatic rings. The van der Waals surface area contributed by atoms with Crippen molar-refractivity contribution >= 4 is 34.7 Å². The van der Waals surface area contributed by atoms with Gasteiger partial charge in [-0.3, -0.25) is 0 Å². The molecule has 0 bridgehead atoms. The molecule has 0 spiro atoms. The highest BCUT2D eigenvalue weighted by atomic mass is 16.7. The third-order valence-electron chi connectivity index (χ3n) is 7.02. The number of allylic oxidation sites excluding steroid dienone is 2. The van der Waals surface area contributed by atoms with E-state index in [1.54, 1.807) is 50.6 Å². The second-order valence-electron chi connectivity index (χ2n) is 10.00. The number of carbonyl (C=O) groups is 1. The Morgan fingerprint density at radius 3 is 2.20 bits per heavy atom. The number of hydrogen-bond acceptors (Lipinski definition) is 6. The molecule has 1 aromatic heterocycles. The topological polar surface area (TPSA) is 67.1 Å². The van der Waals surface area contributed by atoms with Gasteiger partial charge in [-0.25, -0.2) is 4.79 Å². The van der Waals surface area contributed by atoms with E-state index in [0.717, 1.165) is 22.1 Å². The van der Waals surface area contributed by atoms with Crippen LogP contribution in [-0.4, -0.2) is 27.0 Å². The zero-order chi connectivity index (χ0) is 31.1. The summed E-state index contributed by atoms with van der Waals surface area (Å²) in [5.74, 6) is 1.57. The molecule has 0 amide bonds. The monoisotopic (exact) mass is 586 g/mol. The Labute approximate surface area is 257 Å². The fourth-order valence-electron chi connectivity index (χ4n) is 4.94. The van der Waals surface area contributed by atoms with Gasteiger partial charge in [0.2, 0.25) is 0 Å². The van der Waals surface area contributed by atoms with Crippen molar-refractivity contribution in [3.63, 3.8) is 0 Å². The van der Waals surface area contributed by atoms with E-state index in [1.165, 1.54) is 0 Å². The molecule has 222 valence electrons. The summed E-state index contributed by atoms with van der Waals surface area (Å²) in [6, 6.07) is 26.2. The maximum absolute atomic E-state index is 13.1. The minimum absolute atomic E-state index is 0.00953. The number of hydrogen-bond donors (Lipinski definition) is 0. The van der Waals surface area contributed by atoms with Crippen LogP contribution in [0, 0.1) is 0 Å². The first-order valence-electron chi connectivity index (χ1n) is 14.2. The Hall–Kier alpha value is -5.33. The van der Waals surface area contributed by atoms with Crippen molar-refractivity contribution in [3.8, 4) is 28.6 Å². The lowest BCUT2D eigenvalue weighted by Crippen LogP contribution is -2.10. The van der Waals surface area contributed by atoms with Crippen molar-refractivity contribution in [2.24, 2.45) is 0 Å². The smallest absolute Gasteiger partial charge is 0.343 e. The average molecular weight is 587 g/mol. The Morgan fingerprint density at radius 2 is 1.50 bits per heavy atom. The minimum Gasteiger partial charge on any atom is -0.496 e. The van der Waals surface area contributed by atoms with Gasteiger partial charge in [-0.15, -0.1) is 0 Å². The summed E-state index contributed by atoms with van der Waals surface area (Å²) >= 11 is 0. The summed E-state index contributed by atoms with van der Waals surface area (Å²) in [4.78, 5) is 13.1. The van der Waals surface area contributed by atoms with Crippen LogP contribution in [-0.2, 0) is 4.74 Å². The molecule has 0 aliphatic rings. The summed E-state index contributed by atoms with van der Waals surface area (Å²) in [6.07, 6.45) is 7.95. The Bertz CT molecular complexity index is 1860. The van der Waals surface area contributed by atoms with Crippen molar-refractivity contribution in [3.05, 3.63) is 131 Å². The number of benzene rings is 4. The van der Waals surface area contributed by atoms with E-state index < -0.39 is 5.97 Å². The van der Waals surface area contributed by atoms with Crippen molar-refractivity contribution in [1.29, 1.82) is 0 Å². The van der Waals surface area contributed by atoms with Crippen LogP contribution in [0.25, 0.3) is 40.0 Å². The maximum atomic E-state index is 13.1. The number of furan rings is 1. The zero-order valence-corrected chi connectivity index (χ0v) is 25.3. The van der Waals surface area contributed by atoms with Gasteiger partial charge in [0.1, 0.15) is 28.6 Å². The van der Waals surface area contributed by atoms with E-state index in [9.17, 15) is 4.79 Å². The molecule has 0 fully saturated rings. The van der Waals surface area contributed by atoms with E-state index in [2.05, 4.69) is 12.6 Å². The van der Waals surface area contributed by atoms with Crippen molar-refractivity contribution < 1.29 is 28.2 Å². The van der Waals surface area contributed by atoms with Gasteiger partial charge in [0.15, 0.2) is 6.79 Å². The lowest BCUT2D eigenvalue weighted by Gasteiger charge is -2.19. The highest BCUT2D eigenvalue weighted by Gasteiger charge is 2.22. The van der Waals surface area contributed by atoms with Gasteiger partial charge in [0, 0.05) is 29.7 Å². The van der Waals surface area contributed by atoms with Crippen LogP contribution in [0.5, 0.6) is 17.2 Å². The molecule has 5 rings (SSSR count). The number of carbonyl (C=O) groups excluding carboxylic acids is 1. The highest BCUT2D eigenvalue weighted by Crippen LogP contribution is 2.43. The lowest BCUT2D eigenvalue weighted by molar-refractivity contribution is 0.0508. The normalized spacial score (nSPS) is 11.4. The molecule has 0 saturated carbocycles. The SMILES string of the molecule is C=C(c1cc(-c2cc3cc(/C=C/C)ccc3o2)c(OC)cc1OCOC)c1cc(/C=C/C)ccc1OC(=O)c1ccccc1. The molecular formula is C38H34O6. The Kier molecular flexibility index (Phi) is 9.43. The largest absolute Gasteiger partial charge is 0.496 e. The van der Waals surface area contributed by atoms with E-state index >= 15 is 0 Å². The number of esters is 1. The standard InChI is InChI=1S/C38H34O6/c1-6-11-26-15-17-33-29(19-26)21-37(43-33)32-22-31(36(42-24-40-4)23-35(32)41-5)25(3)30-20-27(12-7-2)16-18-34(30)44-38(39)28-13-9-8-10-14-28/h6-23H,3,24H2,1-2,4-5H3/b11-6+,12-7+. The second kappa shape index (κ2) is 13.8. The number of rotatable bonds is 11. The van der Waals surface area contributed by atoms with Crippen LogP contribution in [0.4, 0.5) is 0 Å². The van der Waals surface area contributed by atoms with Gasteiger partial charge in [0.25, 0.3) is 0 Å². The van der Waals surface area contributed by atoms with E-state index in [0.29, 0.717) is 50.8 Å². The maximum Gasteiger partial charge on any atom is 0.343 e. The van der Waals surface area contributed by atoms with Gasteiger partial charge in [0.05, 0.1) is 18.2 Å². The number of fused-ring (bicyclic) bond motifs is 1. The predicted octanol–water partition coefficient (Wildman–Crippen LogP) is 9.44. The molecule has 0 aliphatic carbocycles. The second-order valence-corrected chi connectivity index (χ2v) is 10.00. The van der Waals surface area contributed by atoms with Crippen molar-refractivity contribution in [1.82, 2.24) is 0 Å². The van der Waals surface area contributed by atoms with Gasteiger partial charge < -0.3 is 23.4 Å². The van der Waals surface area contributed by atoms with Gasteiger partial charge >= 0.3 is 5.97 Å². The third kappa shape index (κ3) is 6.51. The van der Waals surface area contributed by atoms with Crippen molar-refractivity contribution in [2.75, 3.05) is 21.0 Å². The summed E-state index contributed by atoms with van der Waals surface area (Å²) in [5.41, 5.74) is 5.77. The first kappa shape index (κ1) is 30.1. The van der Waals surface area contributed by atoms with Crippen LogP contribution in [0.1, 0.15) is 46.5 Å². The molecule has 44 heavy (non-hydrogen) atoms. The van der Waals surface area contributed by atoms with Gasteiger partial charge in [-0.2, -0.15) is 0 Å². The van der Waals surface area contributed by atoms with E-state index in [1.807, 2.05) is 80.6 Å². The average Bonchev–Trinajstić information content (AvgIpc) is 3.47. The van der Waals surface area contributed by atoms with Gasteiger partial charge in [-0.1, -0.05) is 61.2 Å². The summed E-state index contributed by atoms with van der Waals surface area (Å²) in [7, 11) is 3.15. The molecule has 0 saturated heterocycles.